The largest absolute Gasteiger partial charge is 0.277 e. The monoisotopic (exact) mass is 99.1 g/mol. The minimum Gasteiger partial charge on any atom is -0.277 e. The SMILES string of the molecule is CCC1C[NH+]=CN1. The summed E-state index contributed by atoms with van der Waals surface area (Å²) in [6.07, 6.45) is 3.12. The van der Waals surface area contributed by atoms with Crippen LogP contribution in [0.15, 0.2) is 0 Å². The molecule has 0 spiro atoms. The van der Waals surface area contributed by atoms with Crippen molar-refractivity contribution in [2.45, 2.75) is 19.4 Å². The summed E-state index contributed by atoms with van der Waals surface area (Å²) in [6.45, 7) is 3.27. The standard InChI is InChI=1S/C5H10N2/c1-2-5-3-6-4-7-5/h4-5H,2-3H2,1H3,(H,6,7)/p+1. The molecule has 0 saturated heterocycles. The van der Waals surface area contributed by atoms with Crippen LogP contribution in [0.2, 0.25) is 0 Å². The molecule has 2 heteroatoms. The van der Waals surface area contributed by atoms with Crippen LogP contribution in [0, 0.1) is 0 Å². The van der Waals surface area contributed by atoms with Crippen LogP contribution in [0.1, 0.15) is 13.3 Å². The summed E-state index contributed by atoms with van der Waals surface area (Å²) in [5, 5.41) is 3.17. The van der Waals surface area contributed by atoms with Crippen molar-refractivity contribution in [3.8, 4) is 0 Å². The van der Waals surface area contributed by atoms with E-state index in [1.807, 2.05) is 6.34 Å². The molecule has 0 aliphatic carbocycles. The van der Waals surface area contributed by atoms with Gasteiger partial charge in [0.1, 0.15) is 12.6 Å². The minimum absolute atomic E-state index is 0.681. The first-order chi connectivity index (χ1) is 3.43. The van der Waals surface area contributed by atoms with E-state index < -0.39 is 0 Å². The zero-order valence-corrected chi connectivity index (χ0v) is 4.57. The predicted octanol–water partition coefficient (Wildman–Crippen LogP) is -1.52. The topological polar surface area (TPSA) is 26.0 Å². The Bertz CT molecular complexity index is 70.1. The normalized spacial score (nSPS) is 27.9. The summed E-state index contributed by atoms with van der Waals surface area (Å²) in [5.41, 5.74) is 0. The second kappa shape index (κ2) is 1.96. The van der Waals surface area contributed by atoms with Gasteiger partial charge in [0.25, 0.3) is 0 Å². The Kier molecular flexibility index (Phi) is 1.29. The number of hydrogen-bond acceptors (Lipinski definition) is 1. The van der Waals surface area contributed by atoms with Crippen molar-refractivity contribution >= 4 is 6.34 Å². The molecule has 0 fully saturated rings. The Labute approximate surface area is 43.6 Å². The van der Waals surface area contributed by atoms with E-state index in [2.05, 4.69) is 17.2 Å². The van der Waals surface area contributed by atoms with Crippen molar-refractivity contribution in [2.75, 3.05) is 6.54 Å². The molecule has 0 aromatic heterocycles. The predicted molar refractivity (Wildman–Crippen MR) is 29.1 cm³/mol. The molecule has 0 saturated carbocycles. The van der Waals surface area contributed by atoms with Crippen molar-refractivity contribution < 1.29 is 4.99 Å². The molecule has 1 unspecified atom stereocenters. The Morgan fingerprint density at radius 2 is 2.86 bits per heavy atom. The number of nitrogens with one attached hydrogen (secondary N) is 2. The summed E-state index contributed by atoms with van der Waals surface area (Å²) < 4.78 is 0. The van der Waals surface area contributed by atoms with E-state index in [-0.39, 0.29) is 0 Å². The lowest BCUT2D eigenvalue weighted by Gasteiger charge is -1.94. The van der Waals surface area contributed by atoms with E-state index in [4.69, 9.17) is 0 Å². The minimum atomic E-state index is 0.681. The fourth-order valence-corrected chi connectivity index (χ4v) is 0.699. The van der Waals surface area contributed by atoms with Gasteiger partial charge in [-0.25, -0.2) is 0 Å². The highest BCUT2D eigenvalue weighted by molar-refractivity contribution is 5.48. The molecule has 0 bridgehead atoms. The van der Waals surface area contributed by atoms with E-state index >= 15 is 0 Å². The van der Waals surface area contributed by atoms with Gasteiger partial charge in [-0.05, 0) is 6.42 Å². The summed E-state index contributed by atoms with van der Waals surface area (Å²) in [6, 6.07) is 0.681. The van der Waals surface area contributed by atoms with Crippen LogP contribution in [-0.2, 0) is 0 Å². The first kappa shape index (κ1) is 4.62. The molecular weight excluding hydrogens is 88.1 g/mol. The number of hydrogen-bond donors (Lipinski definition) is 2. The summed E-state index contributed by atoms with van der Waals surface area (Å²) in [4.78, 5) is 3.09. The second-order valence-electron chi connectivity index (χ2n) is 1.82. The van der Waals surface area contributed by atoms with Gasteiger partial charge < -0.3 is 0 Å². The van der Waals surface area contributed by atoms with Crippen molar-refractivity contribution in [1.29, 1.82) is 0 Å². The van der Waals surface area contributed by atoms with Crippen LogP contribution in [-0.4, -0.2) is 18.9 Å². The molecule has 1 rings (SSSR count). The molecule has 1 atom stereocenters. The Balaban J connectivity index is 2.22. The van der Waals surface area contributed by atoms with Gasteiger partial charge in [0.2, 0.25) is 6.34 Å². The average Bonchev–Trinajstić information content (AvgIpc) is 2.14. The third-order valence-electron chi connectivity index (χ3n) is 1.28. The highest BCUT2D eigenvalue weighted by Gasteiger charge is 2.11. The molecule has 2 N–H and O–H groups in total. The Hall–Kier alpha value is -0.530. The molecule has 1 aliphatic heterocycles. The lowest BCUT2D eigenvalue weighted by Crippen LogP contribution is -2.67. The molecule has 0 aromatic rings. The van der Waals surface area contributed by atoms with Crippen LogP contribution in [0.25, 0.3) is 0 Å². The van der Waals surface area contributed by atoms with Crippen LogP contribution in [0.4, 0.5) is 0 Å². The highest BCUT2D eigenvalue weighted by Crippen LogP contribution is 1.83. The molecule has 1 aliphatic rings. The van der Waals surface area contributed by atoms with E-state index in [0.29, 0.717) is 6.04 Å². The zero-order chi connectivity index (χ0) is 5.11. The third-order valence-corrected chi connectivity index (χ3v) is 1.28. The summed E-state index contributed by atoms with van der Waals surface area (Å²) >= 11 is 0. The van der Waals surface area contributed by atoms with Gasteiger partial charge in [-0.15, -0.1) is 0 Å². The van der Waals surface area contributed by atoms with Gasteiger partial charge >= 0.3 is 0 Å². The maximum atomic E-state index is 3.17. The fraction of sp³-hybridized carbons (Fsp3) is 0.800. The molecule has 7 heavy (non-hydrogen) atoms. The van der Waals surface area contributed by atoms with Crippen molar-refractivity contribution in [3.05, 3.63) is 0 Å². The van der Waals surface area contributed by atoms with Gasteiger partial charge in [-0.1, -0.05) is 6.92 Å². The smallest absolute Gasteiger partial charge is 0.230 e. The average molecular weight is 99.2 g/mol. The van der Waals surface area contributed by atoms with Crippen molar-refractivity contribution in [3.63, 3.8) is 0 Å². The van der Waals surface area contributed by atoms with Gasteiger partial charge in [-0.3, -0.25) is 10.3 Å². The van der Waals surface area contributed by atoms with E-state index in [1.54, 1.807) is 0 Å². The lowest BCUT2D eigenvalue weighted by atomic mass is 10.2. The van der Waals surface area contributed by atoms with Crippen LogP contribution in [0.5, 0.6) is 0 Å². The summed E-state index contributed by atoms with van der Waals surface area (Å²) in [5.74, 6) is 0. The second-order valence-corrected chi connectivity index (χ2v) is 1.82. The first-order valence-electron chi connectivity index (χ1n) is 2.74. The van der Waals surface area contributed by atoms with Crippen LogP contribution >= 0.6 is 0 Å². The third kappa shape index (κ3) is 0.918. The highest BCUT2D eigenvalue weighted by atomic mass is 15.0. The van der Waals surface area contributed by atoms with E-state index in [1.165, 1.54) is 6.42 Å². The lowest BCUT2D eigenvalue weighted by molar-refractivity contribution is -0.444. The molecule has 0 aromatic carbocycles. The molecule has 40 valence electrons. The van der Waals surface area contributed by atoms with E-state index in [9.17, 15) is 0 Å². The Morgan fingerprint density at radius 1 is 2.00 bits per heavy atom. The van der Waals surface area contributed by atoms with Crippen LogP contribution in [0.3, 0.4) is 0 Å². The first-order valence-corrected chi connectivity index (χ1v) is 2.74. The van der Waals surface area contributed by atoms with Crippen LogP contribution < -0.4 is 10.3 Å². The molecule has 1 heterocycles. The molecule has 0 amide bonds. The molecule has 0 radical (unpaired) electrons. The molecular formula is C5H11N2+. The summed E-state index contributed by atoms with van der Waals surface area (Å²) in [7, 11) is 0. The van der Waals surface area contributed by atoms with Gasteiger partial charge in [-0.2, -0.15) is 0 Å². The van der Waals surface area contributed by atoms with Crippen molar-refractivity contribution in [2.24, 2.45) is 0 Å². The fourth-order valence-electron chi connectivity index (χ4n) is 0.699. The number of rotatable bonds is 1. The quantitative estimate of drug-likeness (QED) is 0.410. The van der Waals surface area contributed by atoms with Crippen molar-refractivity contribution in [1.82, 2.24) is 5.32 Å². The van der Waals surface area contributed by atoms with Gasteiger partial charge in [0, 0.05) is 0 Å². The van der Waals surface area contributed by atoms with E-state index in [0.717, 1.165) is 6.54 Å². The zero-order valence-electron chi connectivity index (χ0n) is 4.57. The maximum absolute atomic E-state index is 3.17. The molecule has 2 nitrogen and oxygen atoms in total. The maximum Gasteiger partial charge on any atom is 0.230 e. The van der Waals surface area contributed by atoms with Gasteiger partial charge in [0.05, 0.1) is 0 Å². The Morgan fingerprint density at radius 3 is 3.14 bits per heavy atom. The van der Waals surface area contributed by atoms with Gasteiger partial charge in [0.15, 0.2) is 0 Å².